The highest BCUT2D eigenvalue weighted by Gasteiger charge is 2.25. The predicted molar refractivity (Wildman–Crippen MR) is 124 cm³/mol. The van der Waals surface area contributed by atoms with Gasteiger partial charge in [-0.3, -0.25) is 9.69 Å². The Hall–Kier alpha value is -2.49. The monoisotopic (exact) mass is 465 g/mol. The van der Waals surface area contributed by atoms with Crippen molar-refractivity contribution < 1.29 is 22.3 Å². The largest absolute Gasteiger partial charge is 0.489 e. The van der Waals surface area contributed by atoms with Gasteiger partial charge >= 0.3 is 0 Å². The molecule has 0 aliphatic rings. The first-order valence-electron chi connectivity index (χ1n) is 10.6. The smallest absolute Gasteiger partial charge is 0.243 e. The first-order chi connectivity index (χ1) is 15.1. The van der Waals surface area contributed by atoms with Gasteiger partial charge in [0, 0.05) is 25.3 Å². The number of amides is 1. The molecule has 1 unspecified atom stereocenters. The number of carbonyl (C=O) groups is 1. The van der Waals surface area contributed by atoms with Gasteiger partial charge in [-0.05, 0) is 50.7 Å². The number of ether oxygens (including phenoxy) is 1. The van der Waals surface area contributed by atoms with Crippen molar-refractivity contribution in [3.8, 4) is 5.75 Å². The van der Waals surface area contributed by atoms with E-state index in [2.05, 4.69) is 5.32 Å². The fraction of sp³-hybridized carbons (Fsp3) is 0.435. The van der Waals surface area contributed by atoms with Crippen molar-refractivity contribution in [2.45, 2.75) is 38.6 Å². The zero-order valence-corrected chi connectivity index (χ0v) is 20.1. The van der Waals surface area contributed by atoms with Gasteiger partial charge in [-0.2, -0.15) is 4.31 Å². The van der Waals surface area contributed by atoms with Gasteiger partial charge < -0.3 is 10.1 Å². The van der Waals surface area contributed by atoms with Crippen LogP contribution in [0.5, 0.6) is 5.75 Å². The molecule has 0 fully saturated rings. The van der Waals surface area contributed by atoms with Crippen LogP contribution in [0.4, 0.5) is 10.1 Å². The molecule has 2 aromatic rings. The van der Waals surface area contributed by atoms with Crippen molar-refractivity contribution in [1.29, 1.82) is 0 Å². The molecule has 2 aromatic carbocycles. The van der Waals surface area contributed by atoms with Crippen LogP contribution in [0.3, 0.4) is 0 Å². The van der Waals surface area contributed by atoms with Crippen molar-refractivity contribution >= 4 is 21.6 Å². The molecule has 0 heterocycles. The minimum Gasteiger partial charge on any atom is -0.489 e. The molecule has 0 radical (unpaired) electrons. The Balaban J connectivity index is 2.02. The maximum atomic E-state index is 13.6. The number of anilines is 1. The standard InChI is InChI=1S/C23H32FN3O4S/c1-6-27(7-2)32(29,30)22-16-19(13-12-17(22)3)25-23(28)18(4)26(5)14-15-31-21-11-9-8-10-20(21)24/h8-13,16,18H,6-7,14-15H2,1-5H3,(H,25,28). The number of sulfonamides is 1. The number of para-hydroxylation sites is 1. The molecule has 1 N–H and O–H groups in total. The second-order valence-electron chi connectivity index (χ2n) is 7.49. The molecule has 32 heavy (non-hydrogen) atoms. The van der Waals surface area contributed by atoms with Crippen LogP contribution in [0.15, 0.2) is 47.4 Å². The van der Waals surface area contributed by atoms with Crippen LogP contribution in [0.1, 0.15) is 26.3 Å². The van der Waals surface area contributed by atoms with Gasteiger partial charge in [0.05, 0.1) is 10.9 Å². The Morgan fingerprint density at radius 1 is 1.16 bits per heavy atom. The lowest BCUT2D eigenvalue weighted by Crippen LogP contribution is -2.41. The summed E-state index contributed by atoms with van der Waals surface area (Å²) in [5.74, 6) is -0.552. The van der Waals surface area contributed by atoms with Crippen LogP contribution in [0.25, 0.3) is 0 Å². The van der Waals surface area contributed by atoms with Crippen molar-refractivity contribution in [2.24, 2.45) is 0 Å². The van der Waals surface area contributed by atoms with Gasteiger partial charge in [0.2, 0.25) is 15.9 Å². The predicted octanol–water partition coefficient (Wildman–Crippen LogP) is 3.50. The molecule has 9 heteroatoms. The van der Waals surface area contributed by atoms with Crippen molar-refractivity contribution in [2.75, 3.05) is 38.6 Å². The second kappa shape index (κ2) is 11.4. The third-order valence-corrected chi connectivity index (χ3v) is 7.55. The maximum Gasteiger partial charge on any atom is 0.243 e. The Morgan fingerprint density at radius 2 is 1.81 bits per heavy atom. The van der Waals surface area contributed by atoms with Gasteiger partial charge in [-0.15, -0.1) is 0 Å². The van der Waals surface area contributed by atoms with Crippen LogP contribution in [-0.2, 0) is 14.8 Å². The summed E-state index contributed by atoms with van der Waals surface area (Å²) in [4.78, 5) is 14.7. The van der Waals surface area contributed by atoms with Crippen molar-refractivity contribution in [3.05, 3.63) is 53.8 Å². The number of nitrogens with zero attached hydrogens (tertiary/aromatic N) is 2. The quantitative estimate of drug-likeness (QED) is 0.550. The zero-order valence-electron chi connectivity index (χ0n) is 19.3. The number of hydrogen-bond acceptors (Lipinski definition) is 5. The Kier molecular flexibility index (Phi) is 9.18. The molecule has 176 valence electrons. The lowest BCUT2D eigenvalue weighted by molar-refractivity contribution is -0.120. The highest BCUT2D eigenvalue weighted by Crippen LogP contribution is 2.24. The minimum absolute atomic E-state index is 0.166. The molecule has 0 aromatic heterocycles. The summed E-state index contributed by atoms with van der Waals surface area (Å²) < 4.78 is 46.3. The molecule has 7 nitrogen and oxygen atoms in total. The van der Waals surface area contributed by atoms with Crippen LogP contribution in [0.2, 0.25) is 0 Å². The molecule has 2 rings (SSSR count). The number of carbonyl (C=O) groups excluding carboxylic acids is 1. The normalized spacial score (nSPS) is 12.8. The topological polar surface area (TPSA) is 79.0 Å². The van der Waals surface area contributed by atoms with Gasteiger partial charge in [-0.25, -0.2) is 12.8 Å². The van der Waals surface area contributed by atoms with E-state index in [4.69, 9.17) is 4.74 Å². The summed E-state index contributed by atoms with van der Waals surface area (Å²) in [6.07, 6.45) is 0. The van der Waals surface area contributed by atoms with E-state index in [0.717, 1.165) is 0 Å². The Morgan fingerprint density at radius 3 is 2.44 bits per heavy atom. The van der Waals surface area contributed by atoms with Crippen LogP contribution in [0, 0.1) is 12.7 Å². The molecular weight excluding hydrogens is 433 g/mol. The van der Waals surface area contributed by atoms with Crippen molar-refractivity contribution in [1.82, 2.24) is 9.21 Å². The van der Waals surface area contributed by atoms with Gasteiger partial charge in [0.25, 0.3) is 0 Å². The third-order valence-electron chi connectivity index (χ3n) is 5.36. The fourth-order valence-electron chi connectivity index (χ4n) is 3.16. The zero-order chi connectivity index (χ0) is 23.9. The minimum atomic E-state index is -3.64. The molecule has 0 bridgehead atoms. The van der Waals surface area contributed by atoms with Crippen LogP contribution in [-0.4, -0.2) is 62.9 Å². The lowest BCUT2D eigenvalue weighted by atomic mass is 10.2. The molecular formula is C23H32FN3O4S. The molecule has 0 aliphatic heterocycles. The lowest BCUT2D eigenvalue weighted by Gasteiger charge is -2.24. The number of likely N-dealkylation sites (N-methyl/N-ethyl adjacent to an activating group) is 1. The Bertz CT molecular complexity index is 1030. The summed E-state index contributed by atoms with van der Waals surface area (Å²) in [6.45, 7) is 8.39. The molecule has 0 saturated carbocycles. The third kappa shape index (κ3) is 6.27. The van der Waals surface area contributed by atoms with Crippen molar-refractivity contribution in [3.63, 3.8) is 0 Å². The molecule has 1 amide bonds. The van der Waals surface area contributed by atoms with Gasteiger partial charge in [0.1, 0.15) is 6.61 Å². The number of nitrogens with one attached hydrogen (secondary N) is 1. The van der Waals surface area contributed by atoms with E-state index in [1.54, 1.807) is 70.0 Å². The van der Waals surface area contributed by atoms with E-state index in [-0.39, 0.29) is 23.2 Å². The summed E-state index contributed by atoms with van der Waals surface area (Å²) in [5, 5.41) is 2.79. The second-order valence-corrected chi connectivity index (χ2v) is 9.40. The summed E-state index contributed by atoms with van der Waals surface area (Å²) in [7, 11) is -1.88. The van der Waals surface area contributed by atoms with Crippen LogP contribution < -0.4 is 10.1 Å². The molecule has 0 spiro atoms. The average molecular weight is 466 g/mol. The average Bonchev–Trinajstić information content (AvgIpc) is 2.76. The first-order valence-corrected chi connectivity index (χ1v) is 12.0. The van der Waals surface area contributed by atoms with E-state index in [1.807, 2.05) is 0 Å². The maximum absolute atomic E-state index is 13.6. The fourth-order valence-corrected chi connectivity index (χ4v) is 4.87. The van der Waals surface area contributed by atoms with E-state index < -0.39 is 21.9 Å². The van der Waals surface area contributed by atoms with Gasteiger partial charge in [-0.1, -0.05) is 32.0 Å². The number of aryl methyl sites for hydroxylation is 1. The SMILES string of the molecule is CCN(CC)S(=O)(=O)c1cc(NC(=O)C(C)N(C)CCOc2ccccc2F)ccc1C. The first kappa shape index (κ1) is 25.8. The highest BCUT2D eigenvalue weighted by atomic mass is 32.2. The number of benzene rings is 2. The van der Waals surface area contributed by atoms with Gasteiger partial charge in [0.15, 0.2) is 11.6 Å². The summed E-state index contributed by atoms with van der Waals surface area (Å²) in [6, 6.07) is 10.5. The highest BCUT2D eigenvalue weighted by molar-refractivity contribution is 7.89. The van der Waals surface area contributed by atoms with E-state index in [9.17, 15) is 17.6 Å². The number of halogens is 1. The number of hydrogen-bond donors (Lipinski definition) is 1. The molecule has 1 atom stereocenters. The van der Waals surface area contributed by atoms with E-state index in [1.165, 1.54) is 16.4 Å². The van der Waals surface area contributed by atoms with E-state index in [0.29, 0.717) is 30.9 Å². The molecule has 0 saturated heterocycles. The Labute approximate surface area is 190 Å². The van der Waals surface area contributed by atoms with Crippen LogP contribution >= 0.6 is 0 Å². The number of rotatable bonds is 11. The summed E-state index contributed by atoms with van der Waals surface area (Å²) in [5.41, 5.74) is 1.03. The molecule has 0 aliphatic carbocycles. The van der Waals surface area contributed by atoms with E-state index >= 15 is 0 Å². The summed E-state index contributed by atoms with van der Waals surface area (Å²) >= 11 is 0.